The summed E-state index contributed by atoms with van der Waals surface area (Å²) in [6, 6.07) is 2.29. The van der Waals surface area contributed by atoms with Crippen molar-refractivity contribution in [1.29, 1.82) is 0 Å². The Bertz CT molecular complexity index is 614. The van der Waals surface area contributed by atoms with Gasteiger partial charge in [-0.05, 0) is 65.1 Å². The SMILES string of the molecule is CC(C)N(C)c1cnn(C2CCCN(CC3CCCNC3)C2)c(=O)c1.Cl. The summed E-state index contributed by atoms with van der Waals surface area (Å²) in [5.41, 5.74) is 0.924. The average Bonchev–Trinajstić information content (AvgIpc) is 2.62. The predicted octanol–water partition coefficient (Wildman–Crippen LogP) is 2.15. The van der Waals surface area contributed by atoms with Crippen LogP contribution in [0.25, 0.3) is 0 Å². The van der Waals surface area contributed by atoms with Gasteiger partial charge < -0.3 is 15.1 Å². The highest BCUT2D eigenvalue weighted by atomic mass is 35.5. The van der Waals surface area contributed by atoms with Crippen molar-refractivity contribution in [2.45, 2.75) is 51.6 Å². The molecule has 1 aromatic heterocycles. The standard InChI is InChI=1S/C19H33N5O.ClH/c1-15(2)22(3)18-10-19(25)24(21-12-18)17-7-5-9-23(14-17)13-16-6-4-8-20-11-16;/h10,12,15-17,20H,4-9,11,13-14H2,1-3H3;1H. The van der Waals surface area contributed by atoms with Gasteiger partial charge >= 0.3 is 0 Å². The Hall–Kier alpha value is -1.11. The van der Waals surface area contributed by atoms with Crippen LogP contribution in [0, 0.1) is 5.92 Å². The zero-order chi connectivity index (χ0) is 17.8. The largest absolute Gasteiger partial charge is 0.371 e. The normalized spacial score (nSPS) is 24.3. The number of nitrogens with zero attached hydrogens (tertiary/aromatic N) is 4. The third kappa shape index (κ3) is 5.21. The fourth-order valence-corrected chi connectivity index (χ4v) is 4.01. The summed E-state index contributed by atoms with van der Waals surface area (Å²) in [7, 11) is 2.01. The van der Waals surface area contributed by atoms with E-state index in [0.717, 1.165) is 57.2 Å². The van der Waals surface area contributed by atoms with Crippen molar-refractivity contribution >= 4 is 18.1 Å². The maximum atomic E-state index is 12.6. The molecule has 0 aromatic carbocycles. The van der Waals surface area contributed by atoms with E-state index < -0.39 is 0 Å². The number of piperidine rings is 2. The second kappa shape index (κ2) is 9.72. The van der Waals surface area contributed by atoms with Crippen LogP contribution in [0.4, 0.5) is 5.69 Å². The maximum absolute atomic E-state index is 12.6. The van der Waals surface area contributed by atoms with Crippen molar-refractivity contribution in [2.75, 3.05) is 44.7 Å². The van der Waals surface area contributed by atoms with Crippen LogP contribution in [0.1, 0.15) is 45.6 Å². The van der Waals surface area contributed by atoms with Crippen LogP contribution in [0.15, 0.2) is 17.1 Å². The van der Waals surface area contributed by atoms with Gasteiger partial charge in [0.25, 0.3) is 5.56 Å². The first-order valence-electron chi connectivity index (χ1n) is 9.79. The molecule has 0 bridgehead atoms. The maximum Gasteiger partial charge on any atom is 0.269 e. The highest BCUT2D eigenvalue weighted by Gasteiger charge is 2.25. The van der Waals surface area contributed by atoms with Gasteiger partial charge in [-0.25, -0.2) is 4.68 Å². The summed E-state index contributed by atoms with van der Waals surface area (Å²) >= 11 is 0. The number of hydrogen-bond donors (Lipinski definition) is 1. The number of anilines is 1. The summed E-state index contributed by atoms with van der Waals surface area (Å²) in [6.07, 6.45) is 6.64. The lowest BCUT2D eigenvalue weighted by Crippen LogP contribution is -2.45. The van der Waals surface area contributed by atoms with E-state index in [2.05, 4.69) is 34.1 Å². The van der Waals surface area contributed by atoms with Gasteiger partial charge in [0.05, 0.1) is 17.9 Å². The first kappa shape index (κ1) is 21.2. The minimum Gasteiger partial charge on any atom is -0.371 e. The van der Waals surface area contributed by atoms with E-state index in [1.807, 2.05) is 13.2 Å². The van der Waals surface area contributed by atoms with E-state index >= 15 is 0 Å². The number of aromatic nitrogens is 2. The quantitative estimate of drug-likeness (QED) is 0.844. The Labute approximate surface area is 163 Å². The fraction of sp³-hybridized carbons (Fsp3) is 0.789. The third-order valence-electron chi connectivity index (χ3n) is 5.74. The zero-order valence-electron chi connectivity index (χ0n) is 16.4. The molecule has 0 aliphatic carbocycles. The molecule has 2 fully saturated rings. The molecule has 1 N–H and O–H groups in total. The van der Waals surface area contributed by atoms with Crippen molar-refractivity contribution in [3.63, 3.8) is 0 Å². The van der Waals surface area contributed by atoms with Gasteiger partial charge in [-0.2, -0.15) is 5.10 Å². The molecule has 0 spiro atoms. The Morgan fingerprint density at radius 1 is 1.35 bits per heavy atom. The Balaban J connectivity index is 0.00000243. The number of halogens is 1. The van der Waals surface area contributed by atoms with Crippen LogP contribution < -0.4 is 15.8 Å². The van der Waals surface area contributed by atoms with Crippen molar-refractivity contribution in [2.24, 2.45) is 5.92 Å². The van der Waals surface area contributed by atoms with Crippen molar-refractivity contribution in [3.8, 4) is 0 Å². The molecule has 3 rings (SSSR count). The third-order valence-corrected chi connectivity index (χ3v) is 5.74. The number of likely N-dealkylation sites (tertiary alicyclic amines) is 1. The summed E-state index contributed by atoms with van der Waals surface area (Å²) in [5.74, 6) is 0.749. The summed E-state index contributed by atoms with van der Waals surface area (Å²) in [6.45, 7) is 9.77. The van der Waals surface area contributed by atoms with Gasteiger partial charge in [-0.15, -0.1) is 12.4 Å². The monoisotopic (exact) mass is 383 g/mol. The smallest absolute Gasteiger partial charge is 0.269 e. The first-order chi connectivity index (χ1) is 12.0. The van der Waals surface area contributed by atoms with E-state index in [0.29, 0.717) is 6.04 Å². The zero-order valence-corrected chi connectivity index (χ0v) is 17.2. The molecule has 2 atom stereocenters. The van der Waals surface area contributed by atoms with Crippen LogP contribution in [-0.2, 0) is 0 Å². The highest BCUT2D eigenvalue weighted by Crippen LogP contribution is 2.22. The van der Waals surface area contributed by atoms with Crippen LogP contribution in [0.3, 0.4) is 0 Å². The first-order valence-corrected chi connectivity index (χ1v) is 9.79. The van der Waals surface area contributed by atoms with Gasteiger partial charge in [-0.3, -0.25) is 4.79 Å². The Kier molecular flexibility index (Phi) is 7.92. The number of nitrogens with one attached hydrogen (secondary N) is 1. The topological polar surface area (TPSA) is 53.4 Å². The lowest BCUT2D eigenvalue weighted by molar-refractivity contribution is 0.137. The van der Waals surface area contributed by atoms with Crippen molar-refractivity contribution < 1.29 is 0 Å². The van der Waals surface area contributed by atoms with Crippen LogP contribution in [-0.4, -0.2) is 60.5 Å². The van der Waals surface area contributed by atoms with Crippen LogP contribution >= 0.6 is 12.4 Å². The average molecular weight is 384 g/mol. The summed E-state index contributed by atoms with van der Waals surface area (Å²) in [5, 5.41) is 8.01. The molecule has 0 amide bonds. The molecule has 2 saturated heterocycles. The molecule has 2 unspecified atom stereocenters. The van der Waals surface area contributed by atoms with Gasteiger partial charge in [0.2, 0.25) is 0 Å². The van der Waals surface area contributed by atoms with Crippen LogP contribution in [0.2, 0.25) is 0 Å². The van der Waals surface area contributed by atoms with Crippen LogP contribution in [0.5, 0.6) is 0 Å². The molecule has 0 radical (unpaired) electrons. The van der Waals surface area contributed by atoms with E-state index in [4.69, 9.17) is 0 Å². The molecule has 7 heteroatoms. The van der Waals surface area contributed by atoms with E-state index in [-0.39, 0.29) is 24.0 Å². The molecular formula is C19H34ClN5O. The predicted molar refractivity (Wildman–Crippen MR) is 110 cm³/mol. The second-order valence-electron chi connectivity index (χ2n) is 7.97. The van der Waals surface area contributed by atoms with E-state index in [1.54, 1.807) is 10.7 Å². The van der Waals surface area contributed by atoms with Gasteiger partial charge in [0.1, 0.15) is 0 Å². The van der Waals surface area contributed by atoms with Gasteiger partial charge in [0, 0.05) is 32.2 Å². The second-order valence-corrected chi connectivity index (χ2v) is 7.97. The number of rotatable bonds is 5. The molecule has 6 nitrogen and oxygen atoms in total. The summed E-state index contributed by atoms with van der Waals surface area (Å²) in [4.78, 5) is 17.2. The Morgan fingerprint density at radius 2 is 2.15 bits per heavy atom. The van der Waals surface area contributed by atoms with Crippen molar-refractivity contribution in [1.82, 2.24) is 20.0 Å². The lowest BCUT2D eigenvalue weighted by atomic mass is 9.97. The lowest BCUT2D eigenvalue weighted by Gasteiger charge is -2.36. The van der Waals surface area contributed by atoms with E-state index in [9.17, 15) is 4.79 Å². The molecule has 2 aliphatic heterocycles. The summed E-state index contributed by atoms with van der Waals surface area (Å²) < 4.78 is 1.71. The molecule has 1 aromatic rings. The van der Waals surface area contributed by atoms with Crippen molar-refractivity contribution in [3.05, 3.63) is 22.6 Å². The fourth-order valence-electron chi connectivity index (χ4n) is 4.01. The highest BCUT2D eigenvalue weighted by molar-refractivity contribution is 5.85. The molecule has 26 heavy (non-hydrogen) atoms. The molecule has 2 aliphatic rings. The Morgan fingerprint density at radius 3 is 2.81 bits per heavy atom. The van der Waals surface area contributed by atoms with E-state index in [1.165, 1.54) is 12.8 Å². The minimum atomic E-state index is 0. The minimum absolute atomic E-state index is 0. The molecule has 0 saturated carbocycles. The molecule has 148 valence electrons. The molecular weight excluding hydrogens is 350 g/mol. The van der Waals surface area contributed by atoms with Gasteiger partial charge in [0.15, 0.2) is 0 Å². The van der Waals surface area contributed by atoms with Gasteiger partial charge in [-0.1, -0.05) is 0 Å². The molecule has 3 heterocycles. The number of hydrogen-bond acceptors (Lipinski definition) is 5.